The fourth-order valence-electron chi connectivity index (χ4n) is 3.85. The Bertz CT molecular complexity index is 344. The minimum Gasteiger partial charge on any atom is -0.468 e. The summed E-state index contributed by atoms with van der Waals surface area (Å²) in [6.45, 7) is 5.09. The van der Waals surface area contributed by atoms with Crippen LogP contribution < -0.4 is 5.32 Å². The number of rotatable bonds is 6. The molecule has 1 saturated heterocycles. The second kappa shape index (κ2) is 7.56. The van der Waals surface area contributed by atoms with Crippen LogP contribution in [0, 0.1) is 0 Å². The van der Waals surface area contributed by atoms with Crippen molar-refractivity contribution in [1.29, 1.82) is 0 Å². The van der Waals surface area contributed by atoms with Crippen LogP contribution in [0.3, 0.4) is 0 Å². The van der Waals surface area contributed by atoms with Crippen LogP contribution in [0.5, 0.6) is 0 Å². The summed E-state index contributed by atoms with van der Waals surface area (Å²) >= 11 is 0. The number of carbonyl (C=O) groups excluding carboxylic acids is 1. The third-order valence-corrected chi connectivity index (χ3v) is 5.16. The SMILES string of the molecule is CCN(CC1CCCO1)C1CCCC(NC)(C(=O)OC)C1. The van der Waals surface area contributed by atoms with Gasteiger partial charge in [-0.05, 0) is 52.1 Å². The van der Waals surface area contributed by atoms with E-state index in [-0.39, 0.29) is 5.97 Å². The first kappa shape index (κ1) is 16.7. The van der Waals surface area contributed by atoms with Gasteiger partial charge in [-0.15, -0.1) is 0 Å². The predicted octanol–water partition coefficient (Wildman–Crippen LogP) is 1.56. The van der Waals surface area contributed by atoms with Crippen molar-refractivity contribution in [3.8, 4) is 0 Å². The Balaban J connectivity index is 2.01. The van der Waals surface area contributed by atoms with Gasteiger partial charge in [-0.1, -0.05) is 6.92 Å². The van der Waals surface area contributed by atoms with Crippen molar-refractivity contribution in [2.45, 2.75) is 63.1 Å². The molecule has 5 heteroatoms. The first-order chi connectivity index (χ1) is 10.1. The highest BCUT2D eigenvalue weighted by atomic mass is 16.5. The molecule has 2 rings (SSSR count). The van der Waals surface area contributed by atoms with Crippen molar-refractivity contribution >= 4 is 5.97 Å². The van der Waals surface area contributed by atoms with E-state index in [0.29, 0.717) is 12.1 Å². The van der Waals surface area contributed by atoms with Crippen molar-refractivity contribution in [2.75, 3.05) is 33.9 Å². The van der Waals surface area contributed by atoms with E-state index in [0.717, 1.165) is 51.8 Å². The molecule has 21 heavy (non-hydrogen) atoms. The maximum atomic E-state index is 12.2. The van der Waals surface area contributed by atoms with Gasteiger partial charge in [0.2, 0.25) is 0 Å². The standard InChI is InChI=1S/C16H30N2O3/c1-4-18(12-14-8-6-10-21-14)13-7-5-9-16(11-13,17-2)15(19)20-3/h13-14,17H,4-12H2,1-3H3. The zero-order valence-corrected chi connectivity index (χ0v) is 13.7. The van der Waals surface area contributed by atoms with Crippen LogP contribution in [0.4, 0.5) is 0 Å². The number of nitrogens with zero attached hydrogens (tertiary/aromatic N) is 1. The number of likely N-dealkylation sites (N-methyl/N-ethyl adjacent to an activating group) is 2. The van der Waals surface area contributed by atoms with Gasteiger partial charge in [0.15, 0.2) is 0 Å². The van der Waals surface area contributed by atoms with E-state index in [1.165, 1.54) is 13.5 Å². The lowest BCUT2D eigenvalue weighted by atomic mass is 9.78. The molecule has 0 amide bonds. The second-order valence-electron chi connectivity index (χ2n) is 6.30. The number of hydrogen-bond donors (Lipinski definition) is 1. The summed E-state index contributed by atoms with van der Waals surface area (Å²) in [7, 11) is 3.35. The maximum absolute atomic E-state index is 12.2. The molecule has 0 radical (unpaired) electrons. The van der Waals surface area contributed by atoms with Gasteiger partial charge in [0.05, 0.1) is 13.2 Å². The molecule has 0 aromatic rings. The molecule has 1 aliphatic carbocycles. The fourth-order valence-corrected chi connectivity index (χ4v) is 3.85. The number of carbonyl (C=O) groups is 1. The highest BCUT2D eigenvalue weighted by Gasteiger charge is 2.44. The van der Waals surface area contributed by atoms with E-state index in [1.807, 2.05) is 7.05 Å². The Morgan fingerprint density at radius 1 is 1.43 bits per heavy atom. The van der Waals surface area contributed by atoms with Gasteiger partial charge >= 0.3 is 5.97 Å². The zero-order chi connectivity index (χ0) is 15.3. The van der Waals surface area contributed by atoms with Gasteiger partial charge in [0.25, 0.3) is 0 Å². The maximum Gasteiger partial charge on any atom is 0.326 e. The summed E-state index contributed by atoms with van der Waals surface area (Å²) in [4.78, 5) is 14.7. The molecule has 0 spiro atoms. The third-order valence-electron chi connectivity index (χ3n) is 5.16. The molecule has 0 aromatic carbocycles. The molecule has 1 N–H and O–H groups in total. The second-order valence-corrected chi connectivity index (χ2v) is 6.30. The van der Waals surface area contributed by atoms with Crippen molar-refractivity contribution < 1.29 is 14.3 Å². The molecule has 122 valence electrons. The molecule has 2 fully saturated rings. The van der Waals surface area contributed by atoms with Gasteiger partial charge in [-0.3, -0.25) is 9.69 Å². The first-order valence-electron chi connectivity index (χ1n) is 8.28. The summed E-state index contributed by atoms with van der Waals surface area (Å²) in [5.74, 6) is -0.122. The molecule has 1 heterocycles. The van der Waals surface area contributed by atoms with Crippen molar-refractivity contribution in [3.63, 3.8) is 0 Å². The molecule has 0 aromatic heterocycles. The lowest BCUT2D eigenvalue weighted by molar-refractivity contribution is -0.151. The topological polar surface area (TPSA) is 50.8 Å². The molecule has 5 nitrogen and oxygen atoms in total. The lowest BCUT2D eigenvalue weighted by Crippen LogP contribution is -2.58. The summed E-state index contributed by atoms with van der Waals surface area (Å²) in [5, 5.41) is 3.24. The van der Waals surface area contributed by atoms with Crippen LogP contribution in [-0.4, -0.2) is 62.4 Å². The smallest absolute Gasteiger partial charge is 0.326 e. The third kappa shape index (κ3) is 3.76. The minimum atomic E-state index is -0.512. The summed E-state index contributed by atoms with van der Waals surface area (Å²) in [6.07, 6.45) is 6.62. The summed E-state index contributed by atoms with van der Waals surface area (Å²) in [6, 6.07) is 0.430. The van der Waals surface area contributed by atoms with Gasteiger partial charge < -0.3 is 14.8 Å². The van der Waals surface area contributed by atoms with Crippen molar-refractivity contribution in [3.05, 3.63) is 0 Å². The van der Waals surface area contributed by atoms with E-state index in [2.05, 4.69) is 17.1 Å². The molecular formula is C16H30N2O3. The Morgan fingerprint density at radius 3 is 2.81 bits per heavy atom. The molecule has 3 atom stereocenters. The van der Waals surface area contributed by atoms with Crippen molar-refractivity contribution in [1.82, 2.24) is 10.2 Å². The van der Waals surface area contributed by atoms with Gasteiger partial charge in [-0.25, -0.2) is 0 Å². The monoisotopic (exact) mass is 298 g/mol. The van der Waals surface area contributed by atoms with Crippen LogP contribution in [0.15, 0.2) is 0 Å². The Morgan fingerprint density at radius 2 is 2.24 bits per heavy atom. The van der Waals surface area contributed by atoms with Gasteiger partial charge in [0, 0.05) is 19.2 Å². The summed E-state index contributed by atoms with van der Waals surface area (Å²) in [5.41, 5.74) is -0.512. The molecule has 2 aliphatic rings. The van der Waals surface area contributed by atoms with Crippen LogP contribution in [0.2, 0.25) is 0 Å². The number of nitrogens with one attached hydrogen (secondary N) is 1. The average Bonchev–Trinajstić information content (AvgIpc) is 3.04. The molecule has 1 saturated carbocycles. The average molecular weight is 298 g/mol. The fraction of sp³-hybridized carbons (Fsp3) is 0.938. The predicted molar refractivity (Wildman–Crippen MR) is 82.3 cm³/mol. The van der Waals surface area contributed by atoms with E-state index in [9.17, 15) is 4.79 Å². The van der Waals surface area contributed by atoms with E-state index in [1.54, 1.807) is 0 Å². The Hall–Kier alpha value is -0.650. The molecule has 0 bridgehead atoms. The highest BCUT2D eigenvalue weighted by Crippen LogP contribution is 2.32. The van der Waals surface area contributed by atoms with Gasteiger partial charge in [-0.2, -0.15) is 0 Å². The Kier molecular flexibility index (Phi) is 6.02. The van der Waals surface area contributed by atoms with Crippen LogP contribution in [0.1, 0.15) is 45.4 Å². The van der Waals surface area contributed by atoms with Crippen molar-refractivity contribution in [2.24, 2.45) is 0 Å². The van der Waals surface area contributed by atoms with E-state index in [4.69, 9.17) is 9.47 Å². The number of ether oxygens (including phenoxy) is 2. The zero-order valence-electron chi connectivity index (χ0n) is 13.7. The highest BCUT2D eigenvalue weighted by molar-refractivity contribution is 5.81. The number of hydrogen-bond acceptors (Lipinski definition) is 5. The molecule has 1 aliphatic heterocycles. The number of methoxy groups -OCH3 is 1. The molecular weight excluding hydrogens is 268 g/mol. The number of esters is 1. The summed E-state index contributed by atoms with van der Waals surface area (Å²) < 4.78 is 10.8. The Labute approximate surface area is 128 Å². The van der Waals surface area contributed by atoms with Crippen LogP contribution in [-0.2, 0) is 14.3 Å². The van der Waals surface area contributed by atoms with Gasteiger partial charge in [0.1, 0.15) is 5.54 Å². The van der Waals surface area contributed by atoms with Crippen LogP contribution in [0.25, 0.3) is 0 Å². The quantitative estimate of drug-likeness (QED) is 0.754. The molecule has 3 unspecified atom stereocenters. The van der Waals surface area contributed by atoms with E-state index < -0.39 is 5.54 Å². The first-order valence-corrected chi connectivity index (χ1v) is 8.28. The minimum absolute atomic E-state index is 0.122. The van der Waals surface area contributed by atoms with Crippen LogP contribution >= 0.6 is 0 Å². The lowest BCUT2D eigenvalue weighted by Gasteiger charge is -2.43. The largest absolute Gasteiger partial charge is 0.468 e. The van der Waals surface area contributed by atoms with E-state index >= 15 is 0 Å². The normalized spacial score (nSPS) is 33.3.